The molecule has 0 bridgehead atoms. The highest BCUT2D eigenvalue weighted by molar-refractivity contribution is 6.07. The highest BCUT2D eigenvalue weighted by Gasteiger charge is 2.22. The fourth-order valence-electron chi connectivity index (χ4n) is 4.61. The van der Waals surface area contributed by atoms with E-state index < -0.39 is 0 Å². The van der Waals surface area contributed by atoms with Gasteiger partial charge in [0.1, 0.15) is 5.78 Å². The van der Waals surface area contributed by atoms with E-state index >= 15 is 0 Å². The number of hydrogen-bond acceptors (Lipinski definition) is 2. The third-order valence-electron chi connectivity index (χ3n) is 6.41. The van der Waals surface area contributed by atoms with Crippen LogP contribution in [0.5, 0.6) is 0 Å². The molecular formula is C26H40O2. The van der Waals surface area contributed by atoms with Crippen LogP contribution in [0.1, 0.15) is 126 Å². The maximum Gasteiger partial charge on any atom is 0.170 e. The number of benzene rings is 1. The molecule has 0 radical (unpaired) electrons. The first-order valence-electron chi connectivity index (χ1n) is 11.8. The largest absolute Gasteiger partial charge is 0.299 e. The number of carbonyl (C=O) groups excluding carboxylic acids is 2. The lowest BCUT2D eigenvalue weighted by atomic mass is 9.77. The van der Waals surface area contributed by atoms with Crippen LogP contribution in [0.2, 0.25) is 0 Å². The van der Waals surface area contributed by atoms with E-state index in [1.54, 1.807) is 0 Å². The number of Topliss-reactive ketones (excluding diaryl/α,β-unsaturated/α-hetero) is 2. The SMILES string of the molecule is CCCCCCCCC(=O)CC(=O)c1ccc(C2CCC(CCC)CC2)cc1. The Balaban J connectivity index is 1.72. The van der Waals surface area contributed by atoms with Gasteiger partial charge in [0, 0.05) is 12.0 Å². The Hall–Kier alpha value is -1.44. The van der Waals surface area contributed by atoms with Crippen LogP contribution in [-0.4, -0.2) is 11.6 Å². The Kier molecular flexibility index (Phi) is 10.5. The predicted octanol–water partition coefficient (Wildman–Crippen LogP) is 7.65. The first-order chi connectivity index (χ1) is 13.6. The maximum atomic E-state index is 12.4. The van der Waals surface area contributed by atoms with Crippen molar-refractivity contribution in [3.05, 3.63) is 35.4 Å². The quantitative estimate of drug-likeness (QED) is 0.199. The summed E-state index contributed by atoms with van der Waals surface area (Å²) in [6, 6.07) is 8.12. The van der Waals surface area contributed by atoms with Gasteiger partial charge in [-0.1, -0.05) is 83.1 Å². The van der Waals surface area contributed by atoms with Crippen molar-refractivity contribution in [2.75, 3.05) is 0 Å². The van der Waals surface area contributed by atoms with Gasteiger partial charge in [-0.2, -0.15) is 0 Å². The summed E-state index contributed by atoms with van der Waals surface area (Å²) in [6.45, 7) is 4.49. The number of carbonyl (C=O) groups is 2. The molecule has 2 nitrogen and oxygen atoms in total. The Labute approximate surface area is 172 Å². The highest BCUT2D eigenvalue weighted by atomic mass is 16.1. The fraction of sp³-hybridized carbons (Fsp3) is 0.692. The molecular weight excluding hydrogens is 344 g/mol. The second kappa shape index (κ2) is 12.9. The first-order valence-corrected chi connectivity index (χ1v) is 11.8. The van der Waals surface area contributed by atoms with Gasteiger partial charge >= 0.3 is 0 Å². The van der Waals surface area contributed by atoms with Crippen molar-refractivity contribution >= 4 is 11.6 Å². The first kappa shape index (κ1) is 22.8. The Morgan fingerprint density at radius 3 is 2.11 bits per heavy atom. The minimum atomic E-state index is -0.0193. The minimum Gasteiger partial charge on any atom is -0.299 e. The van der Waals surface area contributed by atoms with Crippen LogP contribution in [-0.2, 0) is 4.79 Å². The Bertz CT molecular complexity index is 579. The molecule has 0 aliphatic heterocycles. The number of hydrogen-bond donors (Lipinski definition) is 0. The molecule has 1 aliphatic rings. The molecule has 2 heteroatoms. The van der Waals surface area contributed by atoms with E-state index in [2.05, 4.69) is 26.0 Å². The molecule has 0 unspecified atom stereocenters. The Morgan fingerprint density at radius 2 is 1.46 bits per heavy atom. The second-order valence-corrected chi connectivity index (χ2v) is 8.78. The van der Waals surface area contributed by atoms with Gasteiger partial charge in [0.2, 0.25) is 0 Å². The summed E-state index contributed by atoms with van der Waals surface area (Å²) in [4.78, 5) is 24.5. The Morgan fingerprint density at radius 1 is 0.821 bits per heavy atom. The van der Waals surface area contributed by atoms with Gasteiger partial charge in [-0.3, -0.25) is 9.59 Å². The summed E-state index contributed by atoms with van der Waals surface area (Å²) in [5.74, 6) is 1.64. The molecule has 0 aromatic heterocycles. The van der Waals surface area contributed by atoms with Crippen molar-refractivity contribution in [2.24, 2.45) is 5.92 Å². The summed E-state index contributed by atoms with van der Waals surface area (Å²) >= 11 is 0. The van der Waals surface area contributed by atoms with E-state index in [1.165, 1.54) is 69.8 Å². The lowest BCUT2D eigenvalue weighted by molar-refractivity contribution is -0.118. The molecule has 0 saturated heterocycles. The molecule has 0 heterocycles. The smallest absolute Gasteiger partial charge is 0.170 e. The lowest BCUT2D eigenvalue weighted by Crippen LogP contribution is -2.13. The van der Waals surface area contributed by atoms with Gasteiger partial charge in [0.15, 0.2) is 5.78 Å². The molecule has 1 fully saturated rings. The van der Waals surface area contributed by atoms with Crippen LogP contribution in [0.15, 0.2) is 24.3 Å². The summed E-state index contributed by atoms with van der Waals surface area (Å²) in [6.07, 6.45) is 15.5. The topological polar surface area (TPSA) is 34.1 Å². The number of rotatable bonds is 13. The maximum absolute atomic E-state index is 12.4. The molecule has 0 amide bonds. The molecule has 156 valence electrons. The molecule has 0 atom stereocenters. The normalized spacial score (nSPS) is 19.5. The molecule has 1 saturated carbocycles. The third kappa shape index (κ3) is 7.89. The van der Waals surface area contributed by atoms with E-state index in [-0.39, 0.29) is 18.0 Å². The zero-order chi connectivity index (χ0) is 20.2. The average molecular weight is 385 g/mol. The minimum absolute atomic E-state index is 0.0193. The van der Waals surface area contributed by atoms with E-state index in [4.69, 9.17) is 0 Å². The van der Waals surface area contributed by atoms with Crippen molar-refractivity contribution in [1.82, 2.24) is 0 Å². The zero-order valence-corrected chi connectivity index (χ0v) is 18.2. The fourth-order valence-corrected chi connectivity index (χ4v) is 4.61. The highest BCUT2D eigenvalue weighted by Crippen LogP contribution is 2.37. The van der Waals surface area contributed by atoms with Crippen LogP contribution >= 0.6 is 0 Å². The number of unbranched alkanes of at least 4 members (excludes halogenated alkanes) is 5. The van der Waals surface area contributed by atoms with Gasteiger partial charge in [0.05, 0.1) is 6.42 Å². The van der Waals surface area contributed by atoms with Gasteiger partial charge in [0.25, 0.3) is 0 Å². The summed E-state index contributed by atoms with van der Waals surface area (Å²) in [5, 5.41) is 0. The molecule has 2 rings (SSSR count). The molecule has 1 aromatic rings. The summed E-state index contributed by atoms with van der Waals surface area (Å²) in [7, 11) is 0. The van der Waals surface area contributed by atoms with Gasteiger partial charge in [-0.25, -0.2) is 0 Å². The molecule has 1 aliphatic carbocycles. The van der Waals surface area contributed by atoms with E-state index in [0.717, 1.165) is 18.8 Å². The van der Waals surface area contributed by atoms with E-state index in [1.807, 2.05) is 12.1 Å². The lowest BCUT2D eigenvalue weighted by Gasteiger charge is -2.28. The molecule has 28 heavy (non-hydrogen) atoms. The standard InChI is InChI=1S/C26H40O2/c1-3-5-6-7-8-9-11-25(27)20-26(28)24-18-16-23(17-19-24)22-14-12-21(10-4-2)13-15-22/h16-19,21-22H,3-15,20H2,1-2H3. The monoisotopic (exact) mass is 384 g/mol. The summed E-state index contributed by atoms with van der Waals surface area (Å²) in [5.41, 5.74) is 2.06. The van der Waals surface area contributed by atoms with Crippen molar-refractivity contribution in [3.8, 4) is 0 Å². The third-order valence-corrected chi connectivity index (χ3v) is 6.41. The van der Waals surface area contributed by atoms with E-state index in [0.29, 0.717) is 17.9 Å². The van der Waals surface area contributed by atoms with Crippen molar-refractivity contribution in [3.63, 3.8) is 0 Å². The van der Waals surface area contributed by atoms with Crippen molar-refractivity contribution in [2.45, 2.75) is 110 Å². The van der Waals surface area contributed by atoms with Crippen LogP contribution < -0.4 is 0 Å². The van der Waals surface area contributed by atoms with Crippen molar-refractivity contribution in [1.29, 1.82) is 0 Å². The number of ketones is 2. The average Bonchev–Trinajstić information content (AvgIpc) is 2.71. The molecule has 1 aromatic carbocycles. The van der Waals surface area contributed by atoms with Crippen LogP contribution in [0.3, 0.4) is 0 Å². The van der Waals surface area contributed by atoms with Crippen LogP contribution in [0.4, 0.5) is 0 Å². The van der Waals surface area contributed by atoms with Crippen LogP contribution in [0, 0.1) is 5.92 Å². The second-order valence-electron chi connectivity index (χ2n) is 8.78. The van der Waals surface area contributed by atoms with Gasteiger partial charge < -0.3 is 0 Å². The molecule has 0 spiro atoms. The van der Waals surface area contributed by atoms with Crippen LogP contribution in [0.25, 0.3) is 0 Å². The predicted molar refractivity (Wildman–Crippen MR) is 118 cm³/mol. The van der Waals surface area contributed by atoms with Gasteiger partial charge in [-0.05, 0) is 49.5 Å². The zero-order valence-electron chi connectivity index (χ0n) is 18.2. The van der Waals surface area contributed by atoms with E-state index in [9.17, 15) is 9.59 Å². The molecule has 0 N–H and O–H groups in total. The van der Waals surface area contributed by atoms with Crippen molar-refractivity contribution < 1.29 is 9.59 Å². The summed E-state index contributed by atoms with van der Waals surface area (Å²) < 4.78 is 0. The van der Waals surface area contributed by atoms with Gasteiger partial charge in [-0.15, -0.1) is 0 Å².